The zero-order valence-corrected chi connectivity index (χ0v) is 21.7. The third kappa shape index (κ3) is 4.50. The molecule has 0 bridgehead atoms. The van der Waals surface area contributed by atoms with E-state index < -0.39 is 0 Å². The molecule has 6 aromatic rings. The smallest absolute Gasteiger partial charge is 0.290 e. The van der Waals surface area contributed by atoms with Crippen molar-refractivity contribution in [2.45, 2.75) is 24.8 Å². The third-order valence-corrected chi connectivity index (χ3v) is 7.64. The van der Waals surface area contributed by atoms with E-state index >= 15 is 0 Å². The normalized spacial score (nSPS) is 13.8. The van der Waals surface area contributed by atoms with Gasteiger partial charge in [-0.3, -0.25) is 4.79 Å². The lowest BCUT2D eigenvalue weighted by Crippen LogP contribution is -2.43. The van der Waals surface area contributed by atoms with Gasteiger partial charge in [-0.05, 0) is 59.7 Å². The van der Waals surface area contributed by atoms with Crippen molar-refractivity contribution in [1.82, 2.24) is 14.6 Å². The fraction of sp³-hybridized carbons (Fsp3) is 0.121. The molecular formula is C33H27FN4O2. The van der Waals surface area contributed by atoms with Crippen molar-refractivity contribution < 1.29 is 14.3 Å². The molecule has 0 unspecified atom stereocenters. The molecule has 1 aliphatic carbocycles. The number of nitrogens with zero attached hydrogens (tertiary/aromatic N) is 3. The molecule has 0 saturated heterocycles. The molecule has 6 nitrogen and oxygen atoms in total. The molecular weight excluding hydrogens is 503 g/mol. The summed E-state index contributed by atoms with van der Waals surface area (Å²) in [7, 11) is 0. The van der Waals surface area contributed by atoms with Crippen LogP contribution in [0.15, 0.2) is 103 Å². The van der Waals surface area contributed by atoms with E-state index in [1.54, 1.807) is 12.1 Å². The Morgan fingerprint density at radius 3 is 2.12 bits per heavy atom. The van der Waals surface area contributed by atoms with E-state index in [0.717, 1.165) is 62.9 Å². The Balaban J connectivity index is 0.000000925. The van der Waals surface area contributed by atoms with Crippen LogP contribution >= 0.6 is 0 Å². The maximum absolute atomic E-state index is 13.6. The second kappa shape index (κ2) is 10.4. The van der Waals surface area contributed by atoms with Crippen molar-refractivity contribution >= 4 is 23.0 Å². The van der Waals surface area contributed by atoms with E-state index in [0.29, 0.717) is 0 Å². The van der Waals surface area contributed by atoms with E-state index in [1.807, 2.05) is 40.9 Å². The number of carboxylic acid groups (broad SMARTS) is 1. The van der Waals surface area contributed by atoms with Crippen LogP contribution in [0.3, 0.4) is 0 Å². The van der Waals surface area contributed by atoms with Crippen molar-refractivity contribution in [1.29, 1.82) is 0 Å². The van der Waals surface area contributed by atoms with Crippen LogP contribution in [0, 0.1) is 5.82 Å². The first-order chi connectivity index (χ1) is 19.5. The summed E-state index contributed by atoms with van der Waals surface area (Å²) in [5.74, 6) is -0.256. The predicted molar refractivity (Wildman–Crippen MR) is 155 cm³/mol. The lowest BCUT2D eigenvalue weighted by atomic mass is 9.72. The van der Waals surface area contributed by atoms with E-state index in [9.17, 15) is 4.39 Å². The standard InChI is InChI=1S/C32H25FN4.CH2O2/c33-25-16-12-22(13-17-25)26-8-4-9-28-29(26)31-35-30(23-10-14-24(15-11-23)32(34)18-5-19-32)27(20-37(31)36-28)21-6-2-1-3-7-21;2-1-3/h1-4,6-17,20H,5,18-19,34H2;1H,(H,2,3). The molecule has 0 spiro atoms. The molecule has 1 aliphatic rings. The Kier molecular flexibility index (Phi) is 6.58. The molecule has 0 amide bonds. The summed E-state index contributed by atoms with van der Waals surface area (Å²) in [5, 5.41) is 12.7. The van der Waals surface area contributed by atoms with Gasteiger partial charge in [-0.1, -0.05) is 78.9 Å². The zero-order valence-electron chi connectivity index (χ0n) is 21.7. The summed E-state index contributed by atoms with van der Waals surface area (Å²) in [4.78, 5) is 13.6. The number of carbonyl (C=O) groups is 1. The summed E-state index contributed by atoms with van der Waals surface area (Å²) < 4.78 is 15.5. The van der Waals surface area contributed by atoms with Crippen LogP contribution in [0.4, 0.5) is 4.39 Å². The maximum Gasteiger partial charge on any atom is 0.290 e. The molecule has 7 rings (SSSR count). The lowest BCUT2D eigenvalue weighted by Gasteiger charge is -2.38. The molecule has 0 aliphatic heterocycles. The number of hydrogen-bond donors (Lipinski definition) is 2. The molecule has 2 aromatic heterocycles. The van der Waals surface area contributed by atoms with E-state index in [1.165, 1.54) is 24.1 Å². The molecule has 0 radical (unpaired) electrons. The summed E-state index contributed by atoms with van der Waals surface area (Å²) in [6.07, 6.45) is 5.30. The average molecular weight is 531 g/mol. The molecule has 198 valence electrons. The van der Waals surface area contributed by atoms with Crippen molar-refractivity contribution in [3.05, 3.63) is 115 Å². The fourth-order valence-electron chi connectivity index (χ4n) is 5.41. The van der Waals surface area contributed by atoms with Crippen LogP contribution in [0.5, 0.6) is 0 Å². The minimum Gasteiger partial charge on any atom is -0.483 e. The number of hydrogen-bond acceptors (Lipinski definition) is 4. The van der Waals surface area contributed by atoms with Crippen molar-refractivity contribution in [3.63, 3.8) is 0 Å². The van der Waals surface area contributed by atoms with E-state index in [-0.39, 0.29) is 17.8 Å². The van der Waals surface area contributed by atoms with Gasteiger partial charge in [0.15, 0.2) is 5.65 Å². The highest BCUT2D eigenvalue weighted by molar-refractivity contribution is 6.04. The van der Waals surface area contributed by atoms with Gasteiger partial charge in [0, 0.05) is 22.9 Å². The quantitative estimate of drug-likeness (QED) is 0.238. The molecule has 1 saturated carbocycles. The highest BCUT2D eigenvalue weighted by Crippen LogP contribution is 2.40. The Bertz CT molecular complexity index is 1810. The first kappa shape index (κ1) is 25.4. The Morgan fingerprint density at radius 1 is 0.825 bits per heavy atom. The molecule has 2 heterocycles. The van der Waals surface area contributed by atoms with Gasteiger partial charge in [-0.15, -0.1) is 0 Å². The molecule has 0 atom stereocenters. The van der Waals surface area contributed by atoms with Crippen LogP contribution in [0.1, 0.15) is 24.8 Å². The van der Waals surface area contributed by atoms with Crippen molar-refractivity contribution in [3.8, 4) is 33.5 Å². The first-order valence-electron chi connectivity index (χ1n) is 13.1. The van der Waals surface area contributed by atoms with Crippen molar-refractivity contribution in [2.75, 3.05) is 0 Å². The SMILES string of the molecule is NC1(c2ccc(-c3nc4c5c(-c6ccc(F)cc6)cccc5nn4cc3-c3ccccc3)cc2)CCC1.O=CO. The second-order valence-electron chi connectivity index (χ2n) is 10.0. The second-order valence-corrected chi connectivity index (χ2v) is 10.0. The van der Waals surface area contributed by atoms with Gasteiger partial charge >= 0.3 is 0 Å². The van der Waals surface area contributed by atoms with Gasteiger partial charge < -0.3 is 10.8 Å². The molecule has 4 aromatic carbocycles. The number of benzene rings is 4. The van der Waals surface area contributed by atoms with E-state index in [2.05, 4.69) is 42.6 Å². The van der Waals surface area contributed by atoms with Crippen LogP contribution < -0.4 is 5.73 Å². The van der Waals surface area contributed by atoms with Crippen molar-refractivity contribution in [2.24, 2.45) is 5.73 Å². The third-order valence-electron chi connectivity index (χ3n) is 7.64. The Morgan fingerprint density at radius 2 is 1.48 bits per heavy atom. The predicted octanol–water partition coefficient (Wildman–Crippen LogP) is 7.06. The number of rotatable bonds is 4. The summed E-state index contributed by atoms with van der Waals surface area (Å²) in [6, 6.07) is 31.4. The fourth-order valence-corrected chi connectivity index (χ4v) is 5.41. The van der Waals surface area contributed by atoms with Crippen LogP contribution in [-0.2, 0) is 10.3 Å². The van der Waals surface area contributed by atoms with E-state index in [4.69, 9.17) is 25.7 Å². The largest absolute Gasteiger partial charge is 0.483 e. The molecule has 7 heteroatoms. The summed E-state index contributed by atoms with van der Waals surface area (Å²) in [6.45, 7) is -0.250. The average Bonchev–Trinajstić information content (AvgIpc) is 3.34. The Labute approximate surface area is 230 Å². The minimum atomic E-state index is -0.256. The highest BCUT2D eigenvalue weighted by Gasteiger charge is 2.34. The maximum atomic E-state index is 13.6. The molecule has 40 heavy (non-hydrogen) atoms. The van der Waals surface area contributed by atoms with Gasteiger partial charge in [0.05, 0.1) is 16.6 Å². The summed E-state index contributed by atoms with van der Waals surface area (Å²) >= 11 is 0. The topological polar surface area (TPSA) is 93.5 Å². The van der Waals surface area contributed by atoms with Gasteiger partial charge in [0.1, 0.15) is 5.82 Å². The number of aromatic nitrogens is 3. The van der Waals surface area contributed by atoms with Gasteiger partial charge in [0.2, 0.25) is 0 Å². The first-order valence-corrected chi connectivity index (χ1v) is 13.1. The van der Waals surface area contributed by atoms with Gasteiger partial charge in [-0.2, -0.15) is 5.10 Å². The Hall–Kier alpha value is -4.88. The highest BCUT2D eigenvalue weighted by atomic mass is 19.1. The number of halogens is 1. The van der Waals surface area contributed by atoms with Crippen LogP contribution in [-0.4, -0.2) is 26.2 Å². The van der Waals surface area contributed by atoms with Crippen LogP contribution in [0.25, 0.3) is 50.1 Å². The van der Waals surface area contributed by atoms with Gasteiger partial charge in [0.25, 0.3) is 6.47 Å². The molecule has 1 fully saturated rings. The number of nitrogens with two attached hydrogens (primary N) is 1. The number of fused-ring (bicyclic) bond motifs is 3. The summed E-state index contributed by atoms with van der Waals surface area (Å²) in [5.41, 5.74) is 15.1. The minimum absolute atomic E-state index is 0.204. The van der Waals surface area contributed by atoms with Gasteiger partial charge in [-0.25, -0.2) is 13.9 Å². The van der Waals surface area contributed by atoms with Crippen LogP contribution in [0.2, 0.25) is 0 Å². The zero-order chi connectivity index (χ0) is 27.7. The molecule has 3 N–H and O–H groups in total. The lowest BCUT2D eigenvalue weighted by molar-refractivity contribution is -0.122. The monoisotopic (exact) mass is 530 g/mol.